The van der Waals surface area contributed by atoms with Crippen LogP contribution in [0.5, 0.6) is 0 Å². The Morgan fingerprint density at radius 3 is 2.23 bits per heavy atom. The van der Waals surface area contributed by atoms with Crippen LogP contribution in [0.3, 0.4) is 0 Å². The summed E-state index contributed by atoms with van der Waals surface area (Å²) in [5.74, 6) is 0.604. The first-order valence-electron chi connectivity index (χ1n) is 4.87. The summed E-state index contributed by atoms with van der Waals surface area (Å²) in [6, 6.07) is 0. The van der Waals surface area contributed by atoms with Gasteiger partial charge in [0.05, 0.1) is 23.2 Å². The molecule has 0 amide bonds. The van der Waals surface area contributed by atoms with Gasteiger partial charge in [0.1, 0.15) is 0 Å². The molecule has 0 radical (unpaired) electrons. The van der Waals surface area contributed by atoms with E-state index in [4.69, 9.17) is 4.74 Å². The zero-order valence-corrected chi connectivity index (χ0v) is 8.77. The molecule has 0 aromatic rings. The van der Waals surface area contributed by atoms with Gasteiger partial charge in [-0.25, -0.2) is 8.42 Å². The molecule has 1 heterocycles. The Balaban J connectivity index is 1.94. The second kappa shape index (κ2) is 2.95. The molecule has 1 aliphatic heterocycles. The van der Waals surface area contributed by atoms with E-state index in [9.17, 15) is 8.42 Å². The largest absolute Gasteiger partial charge is 0.372 e. The molecule has 2 aliphatic rings. The molecule has 1 saturated carbocycles. The zero-order valence-electron chi connectivity index (χ0n) is 7.95. The van der Waals surface area contributed by atoms with E-state index in [0.29, 0.717) is 30.5 Å². The molecule has 2 fully saturated rings. The van der Waals surface area contributed by atoms with E-state index in [2.05, 4.69) is 0 Å². The fourth-order valence-electron chi connectivity index (χ4n) is 1.68. The van der Waals surface area contributed by atoms with Gasteiger partial charge >= 0.3 is 0 Å². The second-order valence-electron chi connectivity index (χ2n) is 4.42. The Labute approximate surface area is 79.4 Å². The summed E-state index contributed by atoms with van der Waals surface area (Å²) < 4.78 is 28.2. The van der Waals surface area contributed by atoms with Crippen molar-refractivity contribution in [2.24, 2.45) is 0 Å². The molecule has 1 saturated heterocycles. The fourth-order valence-corrected chi connectivity index (χ4v) is 3.37. The predicted molar refractivity (Wildman–Crippen MR) is 50.4 cm³/mol. The lowest BCUT2D eigenvalue weighted by atomic mass is 9.99. The monoisotopic (exact) mass is 204 g/mol. The van der Waals surface area contributed by atoms with Crippen molar-refractivity contribution in [3.8, 4) is 0 Å². The zero-order chi connectivity index (χ0) is 9.53. The Morgan fingerprint density at radius 1 is 1.23 bits per heavy atom. The maximum absolute atomic E-state index is 11.2. The van der Waals surface area contributed by atoms with Crippen LogP contribution < -0.4 is 0 Å². The van der Waals surface area contributed by atoms with Crippen molar-refractivity contribution < 1.29 is 13.2 Å². The summed E-state index contributed by atoms with van der Waals surface area (Å²) in [6.45, 7) is 2.04. The topological polar surface area (TPSA) is 43.4 Å². The molecular formula is C9H16O3S. The average molecular weight is 204 g/mol. The van der Waals surface area contributed by atoms with Gasteiger partial charge in [-0.1, -0.05) is 0 Å². The van der Waals surface area contributed by atoms with Crippen LogP contribution in [0, 0.1) is 0 Å². The summed E-state index contributed by atoms with van der Waals surface area (Å²) in [5.41, 5.74) is -0.160. The number of sulfone groups is 1. The molecule has 0 unspecified atom stereocenters. The standard InChI is InChI=1S/C9H16O3S/c1-9(12-8-2-3-8)4-6-13(10,11)7-5-9/h8H,2-7H2,1H3. The molecule has 13 heavy (non-hydrogen) atoms. The van der Waals surface area contributed by atoms with E-state index in [1.165, 1.54) is 0 Å². The third-order valence-electron chi connectivity index (χ3n) is 2.86. The van der Waals surface area contributed by atoms with Gasteiger partial charge in [0.2, 0.25) is 0 Å². The van der Waals surface area contributed by atoms with Crippen molar-refractivity contribution >= 4 is 9.84 Å². The van der Waals surface area contributed by atoms with Gasteiger partial charge < -0.3 is 4.74 Å². The number of rotatable bonds is 2. The molecule has 4 heteroatoms. The molecule has 0 aromatic heterocycles. The normalized spacial score (nSPS) is 31.5. The van der Waals surface area contributed by atoms with Crippen molar-refractivity contribution in [1.29, 1.82) is 0 Å². The number of hydrogen-bond donors (Lipinski definition) is 0. The summed E-state index contributed by atoms with van der Waals surface area (Å²) in [4.78, 5) is 0. The van der Waals surface area contributed by atoms with E-state index in [0.717, 1.165) is 12.8 Å². The van der Waals surface area contributed by atoms with Crippen LogP contribution in [0.4, 0.5) is 0 Å². The van der Waals surface area contributed by atoms with E-state index in [-0.39, 0.29) is 5.60 Å². The van der Waals surface area contributed by atoms with Crippen LogP contribution in [0.2, 0.25) is 0 Å². The third kappa shape index (κ3) is 2.44. The highest BCUT2D eigenvalue weighted by Gasteiger charge is 2.38. The van der Waals surface area contributed by atoms with Crippen LogP contribution in [0.25, 0.3) is 0 Å². The van der Waals surface area contributed by atoms with Crippen LogP contribution in [0.15, 0.2) is 0 Å². The Morgan fingerprint density at radius 2 is 1.77 bits per heavy atom. The number of ether oxygens (including phenoxy) is 1. The van der Waals surface area contributed by atoms with E-state index >= 15 is 0 Å². The summed E-state index contributed by atoms with van der Waals surface area (Å²) in [6.07, 6.45) is 4.08. The van der Waals surface area contributed by atoms with E-state index in [1.807, 2.05) is 6.92 Å². The van der Waals surface area contributed by atoms with Gasteiger partial charge in [0, 0.05) is 0 Å². The van der Waals surface area contributed by atoms with Crippen LogP contribution in [-0.2, 0) is 14.6 Å². The highest BCUT2D eigenvalue weighted by molar-refractivity contribution is 7.91. The molecule has 0 aromatic carbocycles. The first-order valence-corrected chi connectivity index (χ1v) is 6.70. The Hall–Kier alpha value is -0.0900. The summed E-state index contributed by atoms with van der Waals surface area (Å²) >= 11 is 0. The molecule has 0 N–H and O–H groups in total. The highest BCUT2D eigenvalue weighted by atomic mass is 32.2. The third-order valence-corrected chi connectivity index (χ3v) is 4.51. The minimum absolute atomic E-state index is 0.160. The molecule has 76 valence electrons. The van der Waals surface area contributed by atoms with Crippen LogP contribution in [0.1, 0.15) is 32.6 Å². The van der Waals surface area contributed by atoms with Crippen molar-refractivity contribution in [2.75, 3.05) is 11.5 Å². The smallest absolute Gasteiger partial charge is 0.150 e. The van der Waals surface area contributed by atoms with Crippen LogP contribution in [-0.4, -0.2) is 31.6 Å². The van der Waals surface area contributed by atoms with Gasteiger partial charge in [-0.3, -0.25) is 0 Å². The minimum Gasteiger partial charge on any atom is -0.372 e. The van der Waals surface area contributed by atoms with Crippen molar-refractivity contribution in [3.63, 3.8) is 0 Å². The molecular weight excluding hydrogens is 188 g/mol. The minimum atomic E-state index is -2.75. The highest BCUT2D eigenvalue weighted by Crippen LogP contribution is 2.35. The first kappa shape index (κ1) is 9.46. The maximum atomic E-state index is 11.2. The van der Waals surface area contributed by atoms with Gasteiger partial charge in [-0.15, -0.1) is 0 Å². The number of hydrogen-bond acceptors (Lipinski definition) is 3. The SMILES string of the molecule is CC1(OC2CC2)CCS(=O)(=O)CC1. The molecule has 2 rings (SSSR count). The lowest BCUT2D eigenvalue weighted by molar-refractivity contribution is -0.0494. The lowest BCUT2D eigenvalue weighted by Crippen LogP contribution is -2.39. The van der Waals surface area contributed by atoms with Crippen molar-refractivity contribution in [1.82, 2.24) is 0 Å². The summed E-state index contributed by atoms with van der Waals surface area (Å²) in [5, 5.41) is 0. The van der Waals surface area contributed by atoms with E-state index < -0.39 is 9.84 Å². The van der Waals surface area contributed by atoms with E-state index in [1.54, 1.807) is 0 Å². The molecule has 1 aliphatic carbocycles. The molecule has 0 bridgehead atoms. The van der Waals surface area contributed by atoms with Gasteiger partial charge in [0.15, 0.2) is 9.84 Å². The lowest BCUT2D eigenvalue weighted by Gasteiger charge is -2.33. The van der Waals surface area contributed by atoms with Crippen molar-refractivity contribution in [2.45, 2.75) is 44.3 Å². The van der Waals surface area contributed by atoms with Gasteiger partial charge in [-0.05, 0) is 32.6 Å². The van der Waals surface area contributed by atoms with Gasteiger partial charge in [0.25, 0.3) is 0 Å². The molecule has 0 atom stereocenters. The van der Waals surface area contributed by atoms with Crippen molar-refractivity contribution in [3.05, 3.63) is 0 Å². The second-order valence-corrected chi connectivity index (χ2v) is 6.72. The maximum Gasteiger partial charge on any atom is 0.150 e. The Kier molecular flexibility index (Phi) is 2.15. The summed E-state index contributed by atoms with van der Waals surface area (Å²) in [7, 11) is -2.75. The quantitative estimate of drug-likeness (QED) is 0.677. The fraction of sp³-hybridized carbons (Fsp3) is 1.00. The first-order chi connectivity index (χ1) is 5.99. The predicted octanol–water partition coefficient (Wildman–Crippen LogP) is 1.13. The average Bonchev–Trinajstić information content (AvgIpc) is 2.81. The van der Waals surface area contributed by atoms with Gasteiger partial charge in [-0.2, -0.15) is 0 Å². The molecule has 3 nitrogen and oxygen atoms in total. The Bertz CT molecular complexity index is 276. The van der Waals surface area contributed by atoms with Crippen LogP contribution >= 0.6 is 0 Å². The molecule has 0 spiro atoms.